The number of carbonyl (C=O) groups is 1. The van der Waals surface area contributed by atoms with Crippen LogP contribution in [0, 0.1) is 5.92 Å². The smallest absolute Gasteiger partial charge is 0.241 e. The van der Waals surface area contributed by atoms with Crippen LogP contribution in [0.1, 0.15) is 64.7 Å². The van der Waals surface area contributed by atoms with Gasteiger partial charge in [-0.3, -0.25) is 10.1 Å². The van der Waals surface area contributed by atoms with Gasteiger partial charge in [-0.15, -0.1) is 0 Å². The van der Waals surface area contributed by atoms with Gasteiger partial charge in [0.15, 0.2) is 0 Å². The van der Waals surface area contributed by atoms with Crippen LogP contribution in [0.5, 0.6) is 0 Å². The van der Waals surface area contributed by atoms with Crippen molar-refractivity contribution in [2.24, 2.45) is 5.92 Å². The highest BCUT2D eigenvalue weighted by atomic mass is 32.2. The summed E-state index contributed by atoms with van der Waals surface area (Å²) in [6, 6.07) is 0.0936. The lowest BCUT2D eigenvalue weighted by atomic mass is 10.0. The first-order chi connectivity index (χ1) is 10.3. The molecule has 1 saturated heterocycles. The van der Waals surface area contributed by atoms with Gasteiger partial charge in [0.2, 0.25) is 5.91 Å². The highest BCUT2D eigenvalue weighted by Crippen LogP contribution is 2.32. The molecule has 1 aliphatic heterocycles. The standard InChI is InChI=1S/C17H32N2OS/c1-3-4-11-15-17(20)19(12-7-8-13-21-2)16(18-15)14-9-5-6-10-14/h14-16,18H,3-13H2,1-2H3. The maximum atomic E-state index is 12.7. The molecular weight excluding hydrogens is 280 g/mol. The summed E-state index contributed by atoms with van der Waals surface area (Å²) >= 11 is 1.90. The van der Waals surface area contributed by atoms with Crippen molar-refractivity contribution in [3.63, 3.8) is 0 Å². The average molecular weight is 313 g/mol. The average Bonchev–Trinajstić information content (AvgIpc) is 3.11. The zero-order chi connectivity index (χ0) is 15.1. The number of hydrogen-bond donors (Lipinski definition) is 1. The van der Waals surface area contributed by atoms with E-state index in [2.05, 4.69) is 23.4 Å². The van der Waals surface area contributed by atoms with Crippen LogP contribution in [0.25, 0.3) is 0 Å². The minimum atomic E-state index is 0.0936. The second-order valence-corrected chi connectivity index (χ2v) is 7.57. The molecule has 3 nitrogen and oxygen atoms in total. The molecule has 0 spiro atoms. The molecule has 0 bridgehead atoms. The van der Waals surface area contributed by atoms with E-state index in [9.17, 15) is 4.79 Å². The number of thioether (sulfide) groups is 1. The highest BCUT2D eigenvalue weighted by Gasteiger charge is 2.42. The van der Waals surface area contributed by atoms with Gasteiger partial charge in [0, 0.05) is 6.54 Å². The minimum absolute atomic E-state index is 0.0936. The third-order valence-corrected chi connectivity index (χ3v) is 5.68. The monoisotopic (exact) mass is 312 g/mol. The summed E-state index contributed by atoms with van der Waals surface area (Å²) in [5.41, 5.74) is 0. The fourth-order valence-electron chi connectivity index (χ4n) is 3.76. The van der Waals surface area contributed by atoms with Gasteiger partial charge < -0.3 is 4.90 Å². The molecule has 2 atom stereocenters. The maximum Gasteiger partial charge on any atom is 0.241 e. The van der Waals surface area contributed by atoms with Gasteiger partial charge in [0.25, 0.3) is 0 Å². The Labute approximate surface area is 134 Å². The van der Waals surface area contributed by atoms with Crippen molar-refractivity contribution in [1.29, 1.82) is 0 Å². The van der Waals surface area contributed by atoms with Crippen molar-refractivity contribution in [1.82, 2.24) is 10.2 Å². The molecule has 0 aromatic heterocycles. The van der Waals surface area contributed by atoms with Gasteiger partial charge in [0.1, 0.15) is 0 Å². The molecule has 122 valence electrons. The van der Waals surface area contributed by atoms with Crippen LogP contribution < -0.4 is 5.32 Å². The number of unbranched alkanes of at least 4 members (excludes halogenated alkanes) is 2. The number of carbonyl (C=O) groups excluding carboxylic acids is 1. The molecule has 0 aromatic rings. The normalized spacial score (nSPS) is 27.0. The number of amides is 1. The Kier molecular flexibility index (Phi) is 7.38. The van der Waals surface area contributed by atoms with Gasteiger partial charge in [-0.2, -0.15) is 11.8 Å². The van der Waals surface area contributed by atoms with Crippen LogP contribution in [-0.4, -0.2) is 41.6 Å². The molecule has 2 unspecified atom stereocenters. The number of nitrogens with zero attached hydrogens (tertiary/aromatic N) is 1. The van der Waals surface area contributed by atoms with Gasteiger partial charge >= 0.3 is 0 Å². The van der Waals surface area contributed by atoms with Crippen LogP contribution in [0.2, 0.25) is 0 Å². The zero-order valence-corrected chi connectivity index (χ0v) is 14.6. The Morgan fingerprint density at radius 3 is 2.67 bits per heavy atom. The van der Waals surface area contributed by atoms with Crippen LogP contribution in [0.4, 0.5) is 0 Å². The number of hydrogen-bond acceptors (Lipinski definition) is 3. The molecule has 4 heteroatoms. The Hall–Kier alpha value is -0.220. The summed E-state index contributed by atoms with van der Waals surface area (Å²) in [6.07, 6.45) is 13.5. The second-order valence-electron chi connectivity index (χ2n) is 6.58. The van der Waals surface area contributed by atoms with Crippen molar-refractivity contribution in [3.05, 3.63) is 0 Å². The minimum Gasteiger partial charge on any atom is -0.326 e. The Morgan fingerprint density at radius 1 is 1.24 bits per heavy atom. The van der Waals surface area contributed by atoms with Crippen LogP contribution >= 0.6 is 11.8 Å². The van der Waals surface area contributed by atoms with Crippen molar-refractivity contribution < 1.29 is 4.79 Å². The molecule has 1 saturated carbocycles. The third kappa shape index (κ3) is 4.62. The first kappa shape index (κ1) is 17.1. The largest absolute Gasteiger partial charge is 0.326 e. The third-order valence-electron chi connectivity index (χ3n) is 4.98. The van der Waals surface area contributed by atoms with Gasteiger partial charge in [-0.25, -0.2) is 0 Å². The summed E-state index contributed by atoms with van der Waals surface area (Å²) in [5, 5.41) is 3.68. The van der Waals surface area contributed by atoms with E-state index in [4.69, 9.17) is 0 Å². The Balaban J connectivity index is 1.92. The molecule has 2 rings (SSSR count). The van der Waals surface area contributed by atoms with Gasteiger partial charge in [0.05, 0.1) is 12.2 Å². The summed E-state index contributed by atoms with van der Waals surface area (Å²) in [6.45, 7) is 3.16. The zero-order valence-electron chi connectivity index (χ0n) is 13.8. The first-order valence-electron chi connectivity index (χ1n) is 8.83. The van der Waals surface area contributed by atoms with Crippen molar-refractivity contribution >= 4 is 17.7 Å². The molecule has 1 amide bonds. The topological polar surface area (TPSA) is 32.3 Å². The van der Waals surface area contributed by atoms with Crippen LogP contribution in [0.15, 0.2) is 0 Å². The Morgan fingerprint density at radius 2 is 2.00 bits per heavy atom. The van der Waals surface area contributed by atoms with Crippen LogP contribution in [-0.2, 0) is 4.79 Å². The summed E-state index contributed by atoms with van der Waals surface area (Å²) in [4.78, 5) is 14.9. The van der Waals surface area contributed by atoms with E-state index in [0.29, 0.717) is 18.0 Å². The molecule has 0 radical (unpaired) electrons. The molecule has 21 heavy (non-hydrogen) atoms. The van der Waals surface area contributed by atoms with E-state index in [1.807, 2.05) is 11.8 Å². The molecule has 1 N–H and O–H groups in total. The van der Waals surface area contributed by atoms with Crippen molar-refractivity contribution in [2.75, 3.05) is 18.6 Å². The molecule has 2 fully saturated rings. The Bertz CT molecular complexity index is 318. The van der Waals surface area contributed by atoms with Gasteiger partial charge in [-0.05, 0) is 50.0 Å². The molecule has 1 heterocycles. The first-order valence-corrected chi connectivity index (χ1v) is 10.2. The summed E-state index contributed by atoms with van der Waals surface area (Å²) in [5.74, 6) is 2.29. The van der Waals surface area contributed by atoms with E-state index in [1.54, 1.807) is 0 Å². The predicted molar refractivity (Wildman–Crippen MR) is 91.5 cm³/mol. The van der Waals surface area contributed by atoms with E-state index in [1.165, 1.54) is 44.3 Å². The van der Waals surface area contributed by atoms with Crippen molar-refractivity contribution in [2.45, 2.75) is 76.9 Å². The highest BCUT2D eigenvalue weighted by molar-refractivity contribution is 7.98. The number of nitrogens with one attached hydrogen (secondary N) is 1. The summed E-state index contributed by atoms with van der Waals surface area (Å²) < 4.78 is 0. The fourth-order valence-corrected chi connectivity index (χ4v) is 4.25. The summed E-state index contributed by atoms with van der Waals surface area (Å²) in [7, 11) is 0. The van der Waals surface area contributed by atoms with Gasteiger partial charge in [-0.1, -0.05) is 32.6 Å². The molecule has 2 aliphatic rings. The lowest BCUT2D eigenvalue weighted by molar-refractivity contribution is -0.130. The fraction of sp³-hybridized carbons (Fsp3) is 0.941. The molecular formula is C17H32N2OS. The van der Waals surface area contributed by atoms with E-state index < -0.39 is 0 Å². The maximum absolute atomic E-state index is 12.7. The number of rotatable bonds is 9. The SMILES string of the molecule is CCCCC1NC(C2CCCC2)N(CCCCSC)C1=O. The lowest BCUT2D eigenvalue weighted by Crippen LogP contribution is -2.43. The van der Waals surface area contributed by atoms with Crippen LogP contribution in [0.3, 0.4) is 0 Å². The predicted octanol–water partition coefficient (Wildman–Crippen LogP) is 3.64. The second kappa shape index (κ2) is 9.04. The lowest BCUT2D eigenvalue weighted by Gasteiger charge is -2.29. The van der Waals surface area contributed by atoms with Crippen molar-refractivity contribution in [3.8, 4) is 0 Å². The van der Waals surface area contributed by atoms with E-state index in [-0.39, 0.29) is 6.04 Å². The van der Waals surface area contributed by atoms with E-state index in [0.717, 1.165) is 25.8 Å². The van der Waals surface area contributed by atoms with E-state index >= 15 is 0 Å². The quantitative estimate of drug-likeness (QED) is 0.660. The molecule has 1 aliphatic carbocycles. The molecule has 0 aromatic carbocycles.